The highest BCUT2D eigenvalue weighted by molar-refractivity contribution is 5.83. The second kappa shape index (κ2) is 7.51. The molecule has 24 heavy (non-hydrogen) atoms. The molecule has 126 valence electrons. The van der Waals surface area contributed by atoms with E-state index in [-0.39, 0.29) is 0 Å². The van der Waals surface area contributed by atoms with Crippen LogP contribution in [0.1, 0.15) is 31.5 Å². The van der Waals surface area contributed by atoms with E-state index in [1.807, 2.05) is 13.8 Å². The lowest BCUT2D eigenvalue weighted by Crippen LogP contribution is -2.36. The molecule has 0 aliphatic rings. The zero-order valence-electron chi connectivity index (χ0n) is 14.0. The molecule has 4 N–H and O–H groups in total. The average molecular weight is 327 g/mol. The molecule has 0 aliphatic carbocycles. The number of rotatable bonds is 7. The van der Waals surface area contributed by atoms with Gasteiger partial charge in [-0.2, -0.15) is 5.26 Å². The van der Waals surface area contributed by atoms with Gasteiger partial charge in [-0.05, 0) is 37.5 Å². The molecule has 1 aromatic carbocycles. The third-order valence-corrected chi connectivity index (χ3v) is 3.42. The Morgan fingerprint density at radius 2 is 2.17 bits per heavy atom. The van der Waals surface area contributed by atoms with Gasteiger partial charge in [0.25, 0.3) is 0 Å². The summed E-state index contributed by atoms with van der Waals surface area (Å²) in [6.07, 6.45) is 0.624. The van der Waals surface area contributed by atoms with Crippen LogP contribution in [0, 0.1) is 24.2 Å². The first kappa shape index (κ1) is 17.3. The third-order valence-electron chi connectivity index (χ3n) is 3.42. The van der Waals surface area contributed by atoms with Crippen LogP contribution < -0.4 is 16.4 Å². The monoisotopic (exact) mass is 327 g/mol. The van der Waals surface area contributed by atoms with E-state index in [1.165, 1.54) is 0 Å². The van der Waals surface area contributed by atoms with Crippen molar-refractivity contribution in [2.24, 2.45) is 11.7 Å². The summed E-state index contributed by atoms with van der Waals surface area (Å²) in [4.78, 5) is 11.6. The van der Waals surface area contributed by atoms with Crippen molar-refractivity contribution in [1.82, 2.24) is 5.16 Å². The molecule has 0 radical (unpaired) electrons. The smallest absolute Gasteiger partial charge is 0.239 e. The molecule has 0 fully saturated rings. The lowest BCUT2D eigenvalue weighted by molar-refractivity contribution is -0.119. The molecule has 7 nitrogen and oxygen atoms in total. The molecule has 0 bridgehead atoms. The minimum absolute atomic E-state index is 0.322. The fourth-order valence-electron chi connectivity index (χ4n) is 2.31. The van der Waals surface area contributed by atoms with Crippen LogP contribution in [0.15, 0.2) is 28.8 Å². The average Bonchev–Trinajstić information content (AvgIpc) is 2.91. The zero-order valence-corrected chi connectivity index (χ0v) is 14.0. The van der Waals surface area contributed by atoms with Gasteiger partial charge in [0.1, 0.15) is 12.1 Å². The van der Waals surface area contributed by atoms with Crippen LogP contribution in [-0.4, -0.2) is 17.1 Å². The molecule has 7 heteroatoms. The quantitative estimate of drug-likeness (QED) is 0.720. The Morgan fingerprint density at radius 1 is 1.42 bits per heavy atom. The van der Waals surface area contributed by atoms with Crippen molar-refractivity contribution in [3.05, 3.63) is 35.5 Å². The van der Waals surface area contributed by atoms with E-state index in [2.05, 4.69) is 21.9 Å². The molecule has 0 saturated carbocycles. The highest BCUT2D eigenvalue weighted by Gasteiger charge is 2.17. The van der Waals surface area contributed by atoms with Crippen molar-refractivity contribution in [2.75, 3.05) is 10.6 Å². The standard InChI is InChI=1S/C17H21N5O2/c1-10(2)6-15(17(19)23)20-13-5-4-12(9-18)14(8-13)21-16-7-11(3)22-24-16/h4-5,7-8,10,15,20-21H,6H2,1-3H3,(H2,19,23)/t15-/m1/s1. The highest BCUT2D eigenvalue weighted by Crippen LogP contribution is 2.25. The topological polar surface area (TPSA) is 117 Å². The van der Waals surface area contributed by atoms with E-state index in [0.29, 0.717) is 35.2 Å². The Morgan fingerprint density at radius 3 is 2.71 bits per heavy atom. The van der Waals surface area contributed by atoms with E-state index in [1.54, 1.807) is 31.2 Å². The Hall–Kier alpha value is -3.01. The maximum absolute atomic E-state index is 11.6. The number of carbonyl (C=O) groups excluding carboxylic acids is 1. The van der Waals surface area contributed by atoms with E-state index < -0.39 is 11.9 Å². The fraction of sp³-hybridized carbons (Fsp3) is 0.353. The first-order valence-electron chi connectivity index (χ1n) is 7.69. The van der Waals surface area contributed by atoms with Gasteiger partial charge in [-0.3, -0.25) is 4.79 Å². The number of anilines is 3. The lowest BCUT2D eigenvalue weighted by atomic mass is 10.0. The normalized spacial score (nSPS) is 11.8. The van der Waals surface area contributed by atoms with Gasteiger partial charge in [0.15, 0.2) is 0 Å². The number of carbonyl (C=O) groups is 1. The first-order valence-corrected chi connectivity index (χ1v) is 7.69. The van der Waals surface area contributed by atoms with Gasteiger partial charge in [-0.25, -0.2) is 0 Å². The van der Waals surface area contributed by atoms with Gasteiger partial charge in [0, 0.05) is 11.8 Å². The molecular formula is C17H21N5O2. The number of nitriles is 1. The summed E-state index contributed by atoms with van der Waals surface area (Å²) in [6.45, 7) is 5.85. The number of hydrogen-bond donors (Lipinski definition) is 3. The maximum atomic E-state index is 11.6. The van der Waals surface area contributed by atoms with Crippen LogP contribution in [0.25, 0.3) is 0 Å². The predicted molar refractivity (Wildman–Crippen MR) is 91.7 cm³/mol. The SMILES string of the molecule is Cc1cc(Nc2cc(N[C@H](CC(C)C)C(N)=O)ccc2C#N)on1. The highest BCUT2D eigenvalue weighted by atomic mass is 16.5. The number of hydrogen-bond acceptors (Lipinski definition) is 6. The molecule has 2 aromatic rings. The number of nitrogens with two attached hydrogens (primary N) is 1. The van der Waals surface area contributed by atoms with E-state index in [9.17, 15) is 10.1 Å². The van der Waals surface area contributed by atoms with Crippen LogP contribution in [0.5, 0.6) is 0 Å². The Labute approximate surface area is 140 Å². The van der Waals surface area contributed by atoms with Crippen molar-refractivity contribution in [2.45, 2.75) is 33.2 Å². The van der Waals surface area contributed by atoms with Crippen LogP contribution in [0.3, 0.4) is 0 Å². The van der Waals surface area contributed by atoms with Gasteiger partial charge in [0.05, 0.1) is 16.9 Å². The molecule has 2 rings (SSSR count). The first-order chi connectivity index (χ1) is 11.4. The number of nitrogens with one attached hydrogen (secondary N) is 2. The van der Waals surface area contributed by atoms with Crippen LogP contribution >= 0.6 is 0 Å². The van der Waals surface area contributed by atoms with E-state index in [0.717, 1.165) is 5.69 Å². The summed E-state index contributed by atoms with van der Waals surface area (Å²) in [6, 6.07) is 8.52. The minimum Gasteiger partial charge on any atom is -0.374 e. The maximum Gasteiger partial charge on any atom is 0.239 e. The fourth-order valence-corrected chi connectivity index (χ4v) is 2.31. The molecule has 1 atom stereocenters. The van der Waals surface area contributed by atoms with Crippen LogP contribution in [0.2, 0.25) is 0 Å². The van der Waals surface area contributed by atoms with Crippen molar-refractivity contribution in [3.63, 3.8) is 0 Å². The second-order valence-corrected chi connectivity index (χ2v) is 6.06. The molecule has 0 unspecified atom stereocenters. The zero-order chi connectivity index (χ0) is 17.7. The van der Waals surface area contributed by atoms with E-state index >= 15 is 0 Å². The van der Waals surface area contributed by atoms with Gasteiger partial charge >= 0.3 is 0 Å². The lowest BCUT2D eigenvalue weighted by Gasteiger charge is -2.19. The van der Waals surface area contributed by atoms with Crippen molar-refractivity contribution >= 4 is 23.2 Å². The number of nitrogens with zero attached hydrogens (tertiary/aromatic N) is 2. The minimum atomic E-state index is -0.474. The Balaban J connectivity index is 2.24. The summed E-state index contributed by atoms with van der Waals surface area (Å²) in [5, 5.41) is 19.2. The van der Waals surface area contributed by atoms with Gasteiger partial charge < -0.3 is 20.9 Å². The summed E-state index contributed by atoms with van der Waals surface area (Å²) in [7, 11) is 0. The van der Waals surface area contributed by atoms with Gasteiger partial charge in [-0.15, -0.1) is 0 Å². The predicted octanol–water partition coefficient (Wildman–Crippen LogP) is 2.91. The molecule has 0 spiro atoms. The number of amides is 1. The molecular weight excluding hydrogens is 306 g/mol. The number of benzene rings is 1. The van der Waals surface area contributed by atoms with Gasteiger partial charge in [0.2, 0.25) is 11.8 Å². The van der Waals surface area contributed by atoms with E-state index in [4.69, 9.17) is 10.3 Å². The number of aryl methyl sites for hydroxylation is 1. The second-order valence-electron chi connectivity index (χ2n) is 6.06. The van der Waals surface area contributed by atoms with Gasteiger partial charge in [-0.1, -0.05) is 19.0 Å². The van der Waals surface area contributed by atoms with Crippen molar-refractivity contribution < 1.29 is 9.32 Å². The van der Waals surface area contributed by atoms with Crippen molar-refractivity contribution in [3.8, 4) is 6.07 Å². The number of aromatic nitrogens is 1. The summed E-state index contributed by atoms with van der Waals surface area (Å²) in [5.74, 6) is 0.353. The van der Waals surface area contributed by atoms with Crippen LogP contribution in [-0.2, 0) is 4.79 Å². The summed E-state index contributed by atoms with van der Waals surface area (Å²) < 4.78 is 5.11. The third kappa shape index (κ3) is 4.49. The Bertz CT molecular complexity index is 761. The Kier molecular flexibility index (Phi) is 5.42. The summed E-state index contributed by atoms with van der Waals surface area (Å²) >= 11 is 0. The van der Waals surface area contributed by atoms with Crippen molar-refractivity contribution in [1.29, 1.82) is 5.26 Å². The molecule has 1 aromatic heterocycles. The largest absolute Gasteiger partial charge is 0.374 e. The molecule has 0 saturated heterocycles. The number of primary amides is 1. The molecule has 1 heterocycles. The molecule has 0 aliphatic heterocycles. The summed E-state index contributed by atoms with van der Waals surface area (Å²) in [5.41, 5.74) is 7.90. The van der Waals surface area contributed by atoms with Crippen LogP contribution in [0.4, 0.5) is 17.3 Å². The molecule has 1 amide bonds.